The summed E-state index contributed by atoms with van der Waals surface area (Å²) in [7, 11) is 0. The first-order valence-corrected chi connectivity index (χ1v) is 6.55. The number of rotatable bonds is 2. The van der Waals surface area contributed by atoms with Crippen LogP contribution >= 0.6 is 0 Å². The lowest BCUT2D eigenvalue weighted by atomic mass is 10.0. The molecular weight excluding hydrogens is 258 g/mol. The van der Waals surface area contributed by atoms with Crippen molar-refractivity contribution >= 4 is 12.1 Å². The van der Waals surface area contributed by atoms with Crippen molar-refractivity contribution in [3.05, 3.63) is 34.9 Å². The molecule has 0 unspecified atom stereocenters. The van der Waals surface area contributed by atoms with Gasteiger partial charge in [0, 0.05) is 13.1 Å². The number of carbonyl (C=O) groups excluding carboxylic acids is 1. The molecule has 1 aromatic carbocycles. The van der Waals surface area contributed by atoms with Crippen molar-refractivity contribution in [1.29, 1.82) is 0 Å². The zero-order valence-electron chi connectivity index (χ0n) is 12.0. The van der Waals surface area contributed by atoms with Crippen molar-refractivity contribution in [1.82, 2.24) is 4.90 Å². The van der Waals surface area contributed by atoms with Gasteiger partial charge in [0.15, 0.2) is 0 Å². The van der Waals surface area contributed by atoms with Gasteiger partial charge in [0.05, 0.1) is 6.42 Å². The smallest absolute Gasteiger partial charge is 0.410 e. The molecule has 5 nitrogen and oxygen atoms in total. The number of ether oxygens (including phenoxy) is 1. The SMILES string of the molecule is CC(C)(C)OC(=O)N1Cc2cccc(CC(=O)O)c2C1. The molecule has 1 aromatic rings. The highest BCUT2D eigenvalue weighted by atomic mass is 16.6. The highest BCUT2D eigenvalue weighted by Crippen LogP contribution is 2.27. The molecule has 0 bridgehead atoms. The zero-order valence-corrected chi connectivity index (χ0v) is 12.0. The Morgan fingerprint density at radius 2 is 2.00 bits per heavy atom. The van der Waals surface area contributed by atoms with E-state index in [1.165, 1.54) is 0 Å². The Hall–Kier alpha value is -2.04. The lowest BCUT2D eigenvalue weighted by Crippen LogP contribution is -2.33. The fourth-order valence-electron chi connectivity index (χ4n) is 2.28. The third-order valence-electron chi connectivity index (χ3n) is 3.07. The highest BCUT2D eigenvalue weighted by Gasteiger charge is 2.29. The number of carboxylic acids is 1. The molecule has 2 rings (SSSR count). The predicted octanol–water partition coefficient (Wildman–Crippen LogP) is 2.56. The maximum absolute atomic E-state index is 12.1. The number of fused-ring (bicyclic) bond motifs is 1. The van der Waals surface area contributed by atoms with E-state index in [1.807, 2.05) is 32.9 Å². The third-order valence-corrected chi connectivity index (χ3v) is 3.07. The number of nitrogens with zero attached hydrogens (tertiary/aromatic N) is 1. The molecule has 0 aliphatic carbocycles. The lowest BCUT2D eigenvalue weighted by molar-refractivity contribution is -0.136. The summed E-state index contributed by atoms with van der Waals surface area (Å²) in [4.78, 5) is 24.5. The first-order chi connectivity index (χ1) is 9.26. The van der Waals surface area contributed by atoms with Gasteiger partial charge in [0.1, 0.15) is 5.60 Å². The normalized spacial score (nSPS) is 14.1. The van der Waals surface area contributed by atoms with Crippen LogP contribution in [0.2, 0.25) is 0 Å². The summed E-state index contributed by atoms with van der Waals surface area (Å²) in [6, 6.07) is 5.55. The molecule has 5 heteroatoms. The van der Waals surface area contributed by atoms with Gasteiger partial charge in [0.2, 0.25) is 0 Å². The quantitative estimate of drug-likeness (QED) is 0.902. The van der Waals surface area contributed by atoms with E-state index in [2.05, 4.69) is 0 Å². The molecule has 0 spiro atoms. The van der Waals surface area contributed by atoms with Crippen LogP contribution in [0.25, 0.3) is 0 Å². The van der Waals surface area contributed by atoms with E-state index >= 15 is 0 Å². The van der Waals surface area contributed by atoms with Gasteiger partial charge in [-0.1, -0.05) is 18.2 Å². The van der Waals surface area contributed by atoms with E-state index in [4.69, 9.17) is 9.84 Å². The van der Waals surface area contributed by atoms with Crippen LogP contribution in [0.3, 0.4) is 0 Å². The van der Waals surface area contributed by atoms with Crippen molar-refractivity contribution in [2.75, 3.05) is 0 Å². The Kier molecular flexibility index (Phi) is 3.70. The minimum absolute atomic E-state index is 0.0225. The van der Waals surface area contributed by atoms with Crippen molar-refractivity contribution < 1.29 is 19.4 Å². The fraction of sp³-hybridized carbons (Fsp3) is 0.467. The molecular formula is C15H19NO4. The van der Waals surface area contributed by atoms with Crippen LogP contribution in [0.5, 0.6) is 0 Å². The van der Waals surface area contributed by atoms with Gasteiger partial charge in [0.25, 0.3) is 0 Å². The molecule has 1 aliphatic heterocycles. The Balaban J connectivity index is 2.15. The standard InChI is InChI=1S/C15H19NO4/c1-15(2,3)20-14(19)16-8-11-6-4-5-10(7-13(17)18)12(11)9-16/h4-6H,7-9H2,1-3H3,(H,17,18). The molecule has 0 radical (unpaired) electrons. The molecule has 0 saturated carbocycles. The molecule has 0 fully saturated rings. The van der Waals surface area contributed by atoms with Gasteiger partial charge in [-0.05, 0) is 37.5 Å². The van der Waals surface area contributed by atoms with E-state index in [1.54, 1.807) is 11.0 Å². The number of hydrogen-bond acceptors (Lipinski definition) is 3. The molecule has 1 heterocycles. The second-order valence-electron chi connectivity index (χ2n) is 5.96. The Labute approximate surface area is 118 Å². The number of carbonyl (C=O) groups is 2. The van der Waals surface area contributed by atoms with Gasteiger partial charge in [-0.25, -0.2) is 4.79 Å². The summed E-state index contributed by atoms with van der Waals surface area (Å²) < 4.78 is 5.34. The average molecular weight is 277 g/mol. The topological polar surface area (TPSA) is 66.8 Å². The zero-order chi connectivity index (χ0) is 14.9. The summed E-state index contributed by atoms with van der Waals surface area (Å²) in [5.41, 5.74) is 2.16. The number of aliphatic carboxylic acids is 1. The highest BCUT2D eigenvalue weighted by molar-refractivity contribution is 5.72. The summed E-state index contributed by atoms with van der Waals surface area (Å²) in [5, 5.41) is 8.92. The van der Waals surface area contributed by atoms with Crippen molar-refractivity contribution in [3.8, 4) is 0 Å². The van der Waals surface area contributed by atoms with Gasteiger partial charge >= 0.3 is 12.1 Å². The van der Waals surface area contributed by atoms with Crippen LogP contribution in [0.4, 0.5) is 4.79 Å². The minimum Gasteiger partial charge on any atom is -0.481 e. The van der Waals surface area contributed by atoms with E-state index < -0.39 is 11.6 Å². The van der Waals surface area contributed by atoms with Crippen molar-refractivity contribution in [2.24, 2.45) is 0 Å². The number of hydrogen-bond donors (Lipinski definition) is 1. The van der Waals surface area contributed by atoms with E-state index in [0.29, 0.717) is 13.1 Å². The van der Waals surface area contributed by atoms with Crippen LogP contribution in [-0.2, 0) is 29.0 Å². The summed E-state index contributed by atoms with van der Waals surface area (Å²) >= 11 is 0. The summed E-state index contributed by atoms with van der Waals surface area (Å²) in [6.45, 7) is 6.35. The maximum Gasteiger partial charge on any atom is 0.410 e. The van der Waals surface area contributed by atoms with Gasteiger partial charge < -0.3 is 9.84 Å². The van der Waals surface area contributed by atoms with Crippen molar-refractivity contribution in [3.63, 3.8) is 0 Å². The molecule has 108 valence electrons. The van der Waals surface area contributed by atoms with Crippen molar-refractivity contribution in [2.45, 2.75) is 45.9 Å². The molecule has 20 heavy (non-hydrogen) atoms. The van der Waals surface area contributed by atoms with E-state index in [0.717, 1.165) is 16.7 Å². The second-order valence-corrected chi connectivity index (χ2v) is 5.96. The average Bonchev–Trinajstić information content (AvgIpc) is 2.70. The molecule has 0 saturated heterocycles. The van der Waals surface area contributed by atoms with E-state index in [-0.39, 0.29) is 12.5 Å². The van der Waals surface area contributed by atoms with Crippen LogP contribution in [0.1, 0.15) is 37.5 Å². The number of benzene rings is 1. The second kappa shape index (κ2) is 5.15. The van der Waals surface area contributed by atoms with Gasteiger partial charge in [-0.15, -0.1) is 0 Å². The summed E-state index contributed by atoms with van der Waals surface area (Å²) in [6.07, 6.45) is -0.388. The minimum atomic E-state index is -0.867. The molecule has 1 N–H and O–H groups in total. The van der Waals surface area contributed by atoms with Crippen LogP contribution in [0, 0.1) is 0 Å². The lowest BCUT2D eigenvalue weighted by Gasteiger charge is -2.24. The first kappa shape index (κ1) is 14.4. The third kappa shape index (κ3) is 3.29. The van der Waals surface area contributed by atoms with Crippen LogP contribution in [-0.4, -0.2) is 27.7 Å². The molecule has 1 amide bonds. The maximum atomic E-state index is 12.1. The van der Waals surface area contributed by atoms with Gasteiger partial charge in [-0.3, -0.25) is 9.69 Å². The molecule has 0 aromatic heterocycles. The predicted molar refractivity (Wildman–Crippen MR) is 73.3 cm³/mol. The monoisotopic (exact) mass is 277 g/mol. The van der Waals surface area contributed by atoms with Crippen LogP contribution in [0.15, 0.2) is 18.2 Å². The summed E-state index contributed by atoms with van der Waals surface area (Å²) in [5.74, 6) is -0.867. The van der Waals surface area contributed by atoms with Crippen LogP contribution < -0.4 is 0 Å². The molecule has 1 aliphatic rings. The number of carboxylic acid groups (broad SMARTS) is 1. The van der Waals surface area contributed by atoms with Gasteiger partial charge in [-0.2, -0.15) is 0 Å². The largest absolute Gasteiger partial charge is 0.481 e. The van der Waals surface area contributed by atoms with E-state index in [9.17, 15) is 9.59 Å². The Morgan fingerprint density at radius 1 is 1.30 bits per heavy atom. The Bertz CT molecular complexity index is 545. The fourth-order valence-corrected chi connectivity index (χ4v) is 2.28. The number of amides is 1. The molecule has 0 atom stereocenters. The first-order valence-electron chi connectivity index (χ1n) is 6.55. The Morgan fingerprint density at radius 3 is 2.60 bits per heavy atom.